The van der Waals surface area contributed by atoms with Gasteiger partial charge in [-0.1, -0.05) is 24.3 Å². The Hall–Kier alpha value is -2.20. The molecule has 3 nitrogen and oxygen atoms in total. The fraction of sp³-hybridized carbons (Fsp3) is 0.0667. The predicted molar refractivity (Wildman–Crippen MR) is 76.5 cm³/mol. The first-order valence-corrected chi connectivity index (χ1v) is 6.47. The van der Waals surface area contributed by atoms with E-state index in [1.54, 1.807) is 16.8 Å². The van der Waals surface area contributed by atoms with Crippen LogP contribution in [0.2, 0.25) is 5.28 Å². The molecule has 0 aliphatic heterocycles. The van der Waals surface area contributed by atoms with Crippen LogP contribution in [0.1, 0.15) is 5.56 Å². The highest BCUT2D eigenvalue weighted by Gasteiger charge is 2.14. The Morgan fingerprint density at radius 1 is 1.05 bits per heavy atom. The molecule has 0 unspecified atom stereocenters. The molecule has 0 amide bonds. The normalized spacial score (nSPS) is 10.8. The lowest BCUT2D eigenvalue weighted by atomic mass is 10.1. The molecule has 100 valence electrons. The van der Waals surface area contributed by atoms with Gasteiger partial charge in [-0.15, -0.1) is 5.10 Å². The summed E-state index contributed by atoms with van der Waals surface area (Å²) in [5.41, 5.74) is 2.72. The van der Waals surface area contributed by atoms with E-state index >= 15 is 0 Å². The summed E-state index contributed by atoms with van der Waals surface area (Å²) >= 11 is 5.93. The van der Waals surface area contributed by atoms with Crippen LogP contribution in [0, 0.1) is 12.7 Å². The van der Waals surface area contributed by atoms with E-state index in [1.807, 2.05) is 31.2 Å². The number of halogens is 2. The molecule has 0 fully saturated rings. The van der Waals surface area contributed by atoms with Gasteiger partial charge in [-0.2, -0.15) is 4.98 Å². The number of aromatic nitrogens is 3. The van der Waals surface area contributed by atoms with Crippen LogP contribution < -0.4 is 0 Å². The minimum atomic E-state index is -0.294. The molecule has 1 aromatic heterocycles. The van der Waals surface area contributed by atoms with Crippen molar-refractivity contribution in [2.45, 2.75) is 6.92 Å². The zero-order valence-electron chi connectivity index (χ0n) is 10.7. The average Bonchev–Trinajstić information content (AvgIpc) is 2.82. The minimum Gasteiger partial charge on any atom is -0.212 e. The SMILES string of the molecule is Cc1ccccc1-c1nc(Cl)nn1-c1ccc(F)cc1. The van der Waals surface area contributed by atoms with Gasteiger partial charge in [-0.3, -0.25) is 0 Å². The Kier molecular flexibility index (Phi) is 3.24. The van der Waals surface area contributed by atoms with E-state index in [9.17, 15) is 4.39 Å². The van der Waals surface area contributed by atoms with Crippen molar-refractivity contribution >= 4 is 11.6 Å². The highest BCUT2D eigenvalue weighted by Crippen LogP contribution is 2.25. The fourth-order valence-electron chi connectivity index (χ4n) is 2.05. The van der Waals surface area contributed by atoms with E-state index in [4.69, 9.17) is 11.6 Å². The summed E-state index contributed by atoms with van der Waals surface area (Å²) in [6.07, 6.45) is 0. The molecule has 3 rings (SSSR count). The molecule has 0 saturated carbocycles. The molecule has 0 spiro atoms. The van der Waals surface area contributed by atoms with Gasteiger partial charge in [-0.25, -0.2) is 9.07 Å². The van der Waals surface area contributed by atoms with Gasteiger partial charge in [0, 0.05) is 5.56 Å². The Balaban J connectivity index is 2.18. The third-order valence-corrected chi connectivity index (χ3v) is 3.20. The largest absolute Gasteiger partial charge is 0.243 e. The molecule has 0 bridgehead atoms. The number of rotatable bonds is 2. The molecule has 3 aromatic rings. The van der Waals surface area contributed by atoms with E-state index in [2.05, 4.69) is 10.1 Å². The summed E-state index contributed by atoms with van der Waals surface area (Å²) in [4.78, 5) is 4.26. The average molecular weight is 288 g/mol. The Morgan fingerprint density at radius 3 is 2.45 bits per heavy atom. The summed E-state index contributed by atoms with van der Waals surface area (Å²) in [5, 5.41) is 4.34. The number of hydrogen-bond acceptors (Lipinski definition) is 2. The van der Waals surface area contributed by atoms with Crippen molar-refractivity contribution in [3.8, 4) is 17.1 Å². The summed E-state index contributed by atoms with van der Waals surface area (Å²) in [7, 11) is 0. The maximum atomic E-state index is 13.0. The molecule has 0 radical (unpaired) electrons. The second-order valence-corrected chi connectivity index (χ2v) is 4.75. The quantitative estimate of drug-likeness (QED) is 0.712. The molecule has 0 N–H and O–H groups in total. The van der Waals surface area contributed by atoms with Gasteiger partial charge in [0.25, 0.3) is 0 Å². The topological polar surface area (TPSA) is 30.7 Å². The number of benzene rings is 2. The molecular formula is C15H11ClFN3. The summed E-state index contributed by atoms with van der Waals surface area (Å²) in [6, 6.07) is 13.9. The van der Waals surface area contributed by atoms with Crippen LogP contribution in [0.4, 0.5) is 4.39 Å². The molecule has 0 saturated heterocycles. The fourth-order valence-corrected chi connectivity index (χ4v) is 2.20. The second-order valence-electron chi connectivity index (χ2n) is 4.41. The van der Waals surface area contributed by atoms with Gasteiger partial charge in [0.2, 0.25) is 5.28 Å². The van der Waals surface area contributed by atoms with Crippen molar-refractivity contribution in [3.63, 3.8) is 0 Å². The standard InChI is InChI=1S/C15H11ClFN3/c1-10-4-2-3-5-13(10)14-18-15(16)19-20(14)12-8-6-11(17)7-9-12/h2-9H,1H3. The van der Waals surface area contributed by atoms with E-state index in [0.717, 1.165) is 11.1 Å². The van der Waals surface area contributed by atoms with Crippen LogP contribution in [-0.2, 0) is 0 Å². The lowest BCUT2D eigenvalue weighted by Gasteiger charge is -2.07. The summed E-state index contributed by atoms with van der Waals surface area (Å²) in [6.45, 7) is 1.99. The van der Waals surface area contributed by atoms with Crippen LogP contribution in [-0.4, -0.2) is 14.8 Å². The minimum absolute atomic E-state index is 0.160. The molecule has 5 heteroatoms. The zero-order valence-corrected chi connectivity index (χ0v) is 11.5. The van der Waals surface area contributed by atoms with Crippen LogP contribution in [0.3, 0.4) is 0 Å². The van der Waals surface area contributed by atoms with Crippen molar-refractivity contribution in [3.05, 3.63) is 65.2 Å². The van der Waals surface area contributed by atoms with Crippen LogP contribution in [0.25, 0.3) is 17.1 Å². The predicted octanol–water partition coefficient (Wildman–Crippen LogP) is 4.04. The van der Waals surface area contributed by atoms with E-state index in [0.29, 0.717) is 11.5 Å². The molecule has 20 heavy (non-hydrogen) atoms. The Morgan fingerprint density at radius 2 is 1.75 bits per heavy atom. The molecule has 0 atom stereocenters. The van der Waals surface area contributed by atoms with Crippen LogP contribution in [0.15, 0.2) is 48.5 Å². The van der Waals surface area contributed by atoms with E-state index < -0.39 is 0 Å². The maximum absolute atomic E-state index is 13.0. The first kappa shape index (κ1) is 12.8. The third-order valence-electron chi connectivity index (χ3n) is 3.04. The van der Waals surface area contributed by atoms with E-state index in [1.165, 1.54) is 12.1 Å². The first-order chi connectivity index (χ1) is 9.65. The van der Waals surface area contributed by atoms with Gasteiger partial charge in [0.15, 0.2) is 5.82 Å². The molecule has 1 heterocycles. The van der Waals surface area contributed by atoms with Crippen LogP contribution >= 0.6 is 11.6 Å². The highest BCUT2D eigenvalue weighted by molar-refractivity contribution is 6.28. The summed E-state index contributed by atoms with van der Waals surface area (Å²) in [5.74, 6) is 0.345. The number of hydrogen-bond donors (Lipinski definition) is 0. The smallest absolute Gasteiger partial charge is 0.212 e. The lowest BCUT2D eigenvalue weighted by molar-refractivity contribution is 0.627. The van der Waals surface area contributed by atoms with Gasteiger partial charge < -0.3 is 0 Å². The van der Waals surface area contributed by atoms with Crippen molar-refractivity contribution in [2.24, 2.45) is 0 Å². The van der Waals surface area contributed by atoms with E-state index in [-0.39, 0.29) is 11.1 Å². The van der Waals surface area contributed by atoms with Crippen LogP contribution in [0.5, 0.6) is 0 Å². The zero-order chi connectivity index (χ0) is 14.1. The van der Waals surface area contributed by atoms with Gasteiger partial charge in [0.05, 0.1) is 5.69 Å². The van der Waals surface area contributed by atoms with Crippen molar-refractivity contribution in [1.29, 1.82) is 0 Å². The molecule has 0 aliphatic carbocycles. The molecule has 2 aromatic carbocycles. The van der Waals surface area contributed by atoms with Crippen molar-refractivity contribution in [2.75, 3.05) is 0 Å². The van der Waals surface area contributed by atoms with Gasteiger partial charge in [0.1, 0.15) is 5.82 Å². The van der Waals surface area contributed by atoms with Crippen molar-refractivity contribution in [1.82, 2.24) is 14.8 Å². The number of aryl methyl sites for hydroxylation is 1. The van der Waals surface area contributed by atoms with Crippen molar-refractivity contribution < 1.29 is 4.39 Å². The monoisotopic (exact) mass is 287 g/mol. The third kappa shape index (κ3) is 2.30. The highest BCUT2D eigenvalue weighted by atomic mass is 35.5. The van der Waals surface area contributed by atoms with Gasteiger partial charge in [-0.05, 0) is 48.4 Å². The molecule has 0 aliphatic rings. The lowest BCUT2D eigenvalue weighted by Crippen LogP contribution is -2.00. The summed E-state index contributed by atoms with van der Waals surface area (Å²) < 4.78 is 14.6. The second kappa shape index (κ2) is 5.06. The number of nitrogens with zero attached hydrogens (tertiary/aromatic N) is 3. The Bertz CT molecular complexity index is 750. The molecular weight excluding hydrogens is 277 g/mol. The Labute approximate surface area is 120 Å². The maximum Gasteiger partial charge on any atom is 0.243 e. The van der Waals surface area contributed by atoms with Gasteiger partial charge >= 0.3 is 0 Å². The first-order valence-electron chi connectivity index (χ1n) is 6.09.